The second-order valence-corrected chi connectivity index (χ2v) is 6.04. The molecular formula is C17H16INO3. The van der Waals surface area contributed by atoms with E-state index in [4.69, 9.17) is 4.74 Å². The van der Waals surface area contributed by atoms with Crippen LogP contribution in [0.4, 0.5) is 0 Å². The summed E-state index contributed by atoms with van der Waals surface area (Å²) < 4.78 is 5.95. The van der Waals surface area contributed by atoms with Crippen LogP contribution in [0, 0.1) is 10.5 Å². The molecule has 1 amide bonds. The third-order valence-corrected chi connectivity index (χ3v) is 3.80. The highest BCUT2D eigenvalue weighted by atomic mass is 127. The van der Waals surface area contributed by atoms with E-state index in [1.54, 1.807) is 18.2 Å². The number of carbonyl (C=O) groups excluding carboxylic acids is 2. The predicted molar refractivity (Wildman–Crippen MR) is 92.5 cm³/mol. The first kappa shape index (κ1) is 16.5. The number of nitrogens with one attached hydrogen (secondary N) is 1. The maximum Gasteiger partial charge on any atom is 0.338 e. The van der Waals surface area contributed by atoms with E-state index in [-0.39, 0.29) is 12.5 Å². The highest BCUT2D eigenvalue weighted by molar-refractivity contribution is 14.1. The molecule has 22 heavy (non-hydrogen) atoms. The summed E-state index contributed by atoms with van der Waals surface area (Å²) in [5, 5.41) is 2.74. The lowest BCUT2D eigenvalue weighted by Gasteiger charge is -2.08. The Morgan fingerprint density at radius 1 is 1.14 bits per heavy atom. The van der Waals surface area contributed by atoms with Crippen molar-refractivity contribution in [1.82, 2.24) is 5.32 Å². The third-order valence-electron chi connectivity index (χ3n) is 3.13. The number of esters is 1. The number of benzene rings is 2. The van der Waals surface area contributed by atoms with Crippen LogP contribution in [0.25, 0.3) is 0 Å². The zero-order valence-corrected chi connectivity index (χ0v) is 14.3. The molecule has 114 valence electrons. The molecule has 5 heteroatoms. The van der Waals surface area contributed by atoms with Crippen molar-refractivity contribution in [1.29, 1.82) is 0 Å². The number of aryl methyl sites for hydroxylation is 1. The van der Waals surface area contributed by atoms with Gasteiger partial charge in [0.2, 0.25) is 0 Å². The Balaban J connectivity index is 1.81. The fraction of sp³-hybridized carbons (Fsp3) is 0.176. The van der Waals surface area contributed by atoms with Gasteiger partial charge in [0.05, 0.1) is 5.56 Å². The first-order chi connectivity index (χ1) is 10.6. The summed E-state index contributed by atoms with van der Waals surface area (Å²) in [6.07, 6.45) is 0. The Morgan fingerprint density at radius 2 is 1.91 bits per heavy atom. The number of hydrogen-bond acceptors (Lipinski definition) is 3. The molecule has 0 aliphatic carbocycles. The van der Waals surface area contributed by atoms with Crippen LogP contribution >= 0.6 is 22.6 Å². The molecule has 0 heterocycles. The Morgan fingerprint density at radius 3 is 2.64 bits per heavy atom. The summed E-state index contributed by atoms with van der Waals surface area (Å²) in [7, 11) is 0. The van der Waals surface area contributed by atoms with E-state index in [0.29, 0.717) is 12.1 Å². The minimum atomic E-state index is -0.496. The predicted octanol–water partition coefficient (Wildman–Crippen LogP) is 3.07. The van der Waals surface area contributed by atoms with Crippen LogP contribution in [0.2, 0.25) is 0 Å². The molecule has 0 spiro atoms. The Bertz CT molecular complexity index is 685. The van der Waals surface area contributed by atoms with E-state index in [9.17, 15) is 9.59 Å². The number of halogens is 1. The van der Waals surface area contributed by atoms with Crippen LogP contribution in [0.3, 0.4) is 0 Å². The van der Waals surface area contributed by atoms with E-state index in [1.165, 1.54) is 0 Å². The van der Waals surface area contributed by atoms with Gasteiger partial charge >= 0.3 is 5.97 Å². The van der Waals surface area contributed by atoms with Gasteiger partial charge in [0.15, 0.2) is 6.61 Å². The van der Waals surface area contributed by atoms with E-state index in [2.05, 4.69) is 27.9 Å². The molecule has 2 rings (SSSR count). The van der Waals surface area contributed by atoms with E-state index in [0.717, 1.165) is 14.7 Å². The lowest BCUT2D eigenvalue weighted by Crippen LogP contribution is -2.28. The van der Waals surface area contributed by atoms with Crippen molar-refractivity contribution >= 4 is 34.5 Å². The van der Waals surface area contributed by atoms with Gasteiger partial charge in [0.1, 0.15) is 0 Å². The van der Waals surface area contributed by atoms with Crippen molar-refractivity contribution in [2.24, 2.45) is 0 Å². The Labute approximate surface area is 143 Å². The zero-order valence-electron chi connectivity index (χ0n) is 12.1. The van der Waals surface area contributed by atoms with Gasteiger partial charge in [0.25, 0.3) is 5.91 Å². The average molecular weight is 409 g/mol. The van der Waals surface area contributed by atoms with Gasteiger partial charge in [-0.25, -0.2) is 4.79 Å². The highest BCUT2D eigenvalue weighted by Gasteiger charge is 2.10. The SMILES string of the molecule is Cc1ccccc1CNC(=O)COC(=O)c1cccc(I)c1. The van der Waals surface area contributed by atoms with Crippen LogP contribution < -0.4 is 5.32 Å². The minimum absolute atomic E-state index is 0.282. The van der Waals surface area contributed by atoms with Crippen molar-refractivity contribution < 1.29 is 14.3 Å². The van der Waals surface area contributed by atoms with Gasteiger partial charge in [-0.05, 0) is 58.8 Å². The largest absolute Gasteiger partial charge is 0.452 e. The van der Waals surface area contributed by atoms with Crippen molar-refractivity contribution in [3.63, 3.8) is 0 Å². The standard InChI is InChI=1S/C17H16INO3/c1-12-5-2-3-6-14(12)10-19-16(20)11-22-17(21)13-7-4-8-15(18)9-13/h2-9H,10-11H2,1H3,(H,19,20). The quantitative estimate of drug-likeness (QED) is 0.610. The maximum atomic E-state index is 11.8. The van der Waals surface area contributed by atoms with Gasteiger partial charge in [-0.15, -0.1) is 0 Å². The number of hydrogen-bond donors (Lipinski definition) is 1. The van der Waals surface area contributed by atoms with E-state index in [1.807, 2.05) is 37.3 Å². The van der Waals surface area contributed by atoms with Gasteiger partial charge in [-0.2, -0.15) is 0 Å². The first-order valence-corrected chi connectivity index (χ1v) is 7.88. The van der Waals surface area contributed by atoms with Crippen molar-refractivity contribution in [2.45, 2.75) is 13.5 Å². The second-order valence-electron chi connectivity index (χ2n) is 4.79. The van der Waals surface area contributed by atoms with Crippen LogP contribution in [-0.2, 0) is 16.1 Å². The van der Waals surface area contributed by atoms with Crippen molar-refractivity contribution in [3.8, 4) is 0 Å². The average Bonchev–Trinajstić information content (AvgIpc) is 2.52. The van der Waals surface area contributed by atoms with Crippen LogP contribution in [0.5, 0.6) is 0 Å². The summed E-state index contributed by atoms with van der Waals surface area (Å²) in [6, 6.07) is 14.8. The topological polar surface area (TPSA) is 55.4 Å². The molecular weight excluding hydrogens is 393 g/mol. The molecule has 0 aliphatic rings. The van der Waals surface area contributed by atoms with Crippen molar-refractivity contribution in [2.75, 3.05) is 6.61 Å². The second kappa shape index (κ2) is 7.93. The van der Waals surface area contributed by atoms with E-state index >= 15 is 0 Å². The molecule has 0 fully saturated rings. The maximum absolute atomic E-state index is 11.8. The van der Waals surface area contributed by atoms with Crippen LogP contribution in [0.1, 0.15) is 21.5 Å². The van der Waals surface area contributed by atoms with Crippen LogP contribution in [0.15, 0.2) is 48.5 Å². The zero-order chi connectivity index (χ0) is 15.9. The Kier molecular flexibility index (Phi) is 5.94. The van der Waals surface area contributed by atoms with Gasteiger partial charge in [-0.1, -0.05) is 30.3 Å². The normalized spacial score (nSPS) is 10.1. The summed E-state index contributed by atoms with van der Waals surface area (Å²) in [5.41, 5.74) is 2.59. The molecule has 0 radical (unpaired) electrons. The molecule has 0 saturated carbocycles. The Hall–Kier alpha value is -1.89. The summed E-state index contributed by atoms with van der Waals surface area (Å²) >= 11 is 2.12. The van der Waals surface area contributed by atoms with Gasteiger partial charge < -0.3 is 10.1 Å². The minimum Gasteiger partial charge on any atom is -0.452 e. The van der Waals surface area contributed by atoms with Gasteiger partial charge in [0, 0.05) is 10.1 Å². The summed E-state index contributed by atoms with van der Waals surface area (Å²) in [5.74, 6) is -0.813. The summed E-state index contributed by atoms with van der Waals surface area (Å²) in [6.45, 7) is 2.13. The van der Waals surface area contributed by atoms with Gasteiger partial charge in [-0.3, -0.25) is 4.79 Å². The number of rotatable bonds is 5. The molecule has 0 atom stereocenters. The molecule has 0 unspecified atom stereocenters. The molecule has 2 aromatic rings. The molecule has 2 aromatic carbocycles. The first-order valence-electron chi connectivity index (χ1n) is 6.80. The monoisotopic (exact) mass is 409 g/mol. The number of ether oxygens (including phenoxy) is 1. The lowest BCUT2D eigenvalue weighted by atomic mass is 10.1. The molecule has 0 saturated heterocycles. The molecule has 0 aromatic heterocycles. The van der Waals surface area contributed by atoms with Crippen molar-refractivity contribution in [3.05, 3.63) is 68.8 Å². The number of amides is 1. The van der Waals surface area contributed by atoms with E-state index < -0.39 is 5.97 Å². The fourth-order valence-electron chi connectivity index (χ4n) is 1.88. The van der Waals surface area contributed by atoms with Crippen LogP contribution in [-0.4, -0.2) is 18.5 Å². The smallest absolute Gasteiger partial charge is 0.338 e. The molecule has 4 nitrogen and oxygen atoms in total. The number of carbonyl (C=O) groups is 2. The highest BCUT2D eigenvalue weighted by Crippen LogP contribution is 2.09. The fourth-order valence-corrected chi connectivity index (χ4v) is 2.43. The summed E-state index contributed by atoms with van der Waals surface area (Å²) in [4.78, 5) is 23.6. The molecule has 1 N–H and O–H groups in total. The molecule has 0 aliphatic heterocycles. The third kappa shape index (κ3) is 4.84. The lowest BCUT2D eigenvalue weighted by molar-refractivity contribution is -0.124. The molecule has 0 bridgehead atoms.